The van der Waals surface area contributed by atoms with Gasteiger partial charge in [-0.15, -0.1) is 11.3 Å². The molecule has 0 aliphatic carbocycles. The number of ether oxygens (including phenoxy) is 1. The van der Waals surface area contributed by atoms with Crippen LogP contribution in [0.15, 0.2) is 54.6 Å². The predicted octanol–water partition coefficient (Wildman–Crippen LogP) is 3.71. The summed E-state index contributed by atoms with van der Waals surface area (Å²) in [6.07, 6.45) is 0.600. The van der Waals surface area contributed by atoms with Crippen molar-refractivity contribution >= 4 is 33.4 Å². The Morgan fingerprint density at radius 2 is 1.87 bits per heavy atom. The molecule has 0 saturated heterocycles. The summed E-state index contributed by atoms with van der Waals surface area (Å²) in [5.41, 5.74) is 0.718. The van der Waals surface area contributed by atoms with Crippen LogP contribution < -0.4 is 0 Å². The summed E-state index contributed by atoms with van der Waals surface area (Å²) in [7, 11) is 1.59. The van der Waals surface area contributed by atoms with Gasteiger partial charge in [0.25, 0.3) is 5.91 Å². The van der Waals surface area contributed by atoms with E-state index in [1.807, 2.05) is 67.6 Å². The van der Waals surface area contributed by atoms with Crippen LogP contribution >= 0.6 is 11.3 Å². The molecule has 1 aromatic heterocycles. The Labute approximate surface area is 179 Å². The van der Waals surface area contributed by atoms with E-state index in [-0.39, 0.29) is 18.9 Å². The van der Waals surface area contributed by atoms with Crippen molar-refractivity contribution in [2.24, 2.45) is 0 Å². The second-order valence-electron chi connectivity index (χ2n) is 7.25. The molecule has 0 bridgehead atoms. The molecule has 3 rings (SSSR count). The first-order valence-electron chi connectivity index (χ1n) is 9.62. The number of thiazole rings is 1. The zero-order chi connectivity index (χ0) is 21.6. The molecular weight excluding hydrogens is 398 g/mol. The van der Waals surface area contributed by atoms with Gasteiger partial charge in [-0.3, -0.25) is 9.59 Å². The van der Waals surface area contributed by atoms with Gasteiger partial charge < -0.3 is 9.64 Å². The van der Waals surface area contributed by atoms with E-state index in [9.17, 15) is 9.59 Å². The minimum Gasteiger partial charge on any atom is -0.455 e. The SMILES string of the molecule is CN(CCC#N)C(=O)COC(=O)[C@](C)(Cc1nc2ccccc2s1)c1ccccc1. The van der Waals surface area contributed by atoms with Crippen molar-refractivity contribution < 1.29 is 14.3 Å². The average molecular weight is 422 g/mol. The van der Waals surface area contributed by atoms with E-state index < -0.39 is 11.4 Å². The molecule has 0 N–H and O–H groups in total. The van der Waals surface area contributed by atoms with Crippen LogP contribution in [-0.2, 0) is 26.2 Å². The molecule has 1 heterocycles. The number of carbonyl (C=O) groups is 2. The monoisotopic (exact) mass is 421 g/mol. The van der Waals surface area contributed by atoms with Gasteiger partial charge in [0.2, 0.25) is 0 Å². The van der Waals surface area contributed by atoms with Gasteiger partial charge in [0.1, 0.15) is 0 Å². The van der Waals surface area contributed by atoms with E-state index in [1.165, 1.54) is 4.90 Å². The molecule has 2 aromatic carbocycles. The number of para-hydroxylation sites is 1. The van der Waals surface area contributed by atoms with Crippen molar-refractivity contribution in [3.8, 4) is 6.07 Å². The van der Waals surface area contributed by atoms with Gasteiger partial charge in [-0.2, -0.15) is 5.26 Å². The number of aromatic nitrogens is 1. The predicted molar refractivity (Wildman–Crippen MR) is 116 cm³/mol. The molecule has 0 radical (unpaired) electrons. The third-order valence-corrected chi connectivity index (χ3v) is 6.05. The van der Waals surface area contributed by atoms with Crippen LogP contribution in [0, 0.1) is 11.3 Å². The lowest BCUT2D eigenvalue weighted by Crippen LogP contribution is -2.39. The van der Waals surface area contributed by atoms with Crippen LogP contribution in [0.1, 0.15) is 23.9 Å². The van der Waals surface area contributed by atoms with E-state index in [4.69, 9.17) is 10.00 Å². The summed E-state index contributed by atoms with van der Waals surface area (Å²) in [6, 6.07) is 19.3. The first-order chi connectivity index (χ1) is 14.4. The first kappa shape index (κ1) is 21.5. The number of nitriles is 1. The maximum Gasteiger partial charge on any atom is 0.317 e. The molecule has 3 aromatic rings. The molecule has 0 spiro atoms. The molecule has 1 amide bonds. The fraction of sp³-hybridized carbons (Fsp3) is 0.304. The molecule has 0 unspecified atom stereocenters. The molecule has 0 fully saturated rings. The summed E-state index contributed by atoms with van der Waals surface area (Å²) < 4.78 is 6.50. The van der Waals surface area contributed by atoms with Crippen molar-refractivity contribution in [2.75, 3.05) is 20.2 Å². The zero-order valence-corrected chi connectivity index (χ0v) is 17.8. The highest BCUT2D eigenvalue weighted by atomic mass is 32.1. The molecular formula is C23H23N3O3S. The number of benzene rings is 2. The first-order valence-corrected chi connectivity index (χ1v) is 10.4. The van der Waals surface area contributed by atoms with E-state index in [2.05, 4.69) is 4.98 Å². The quantitative estimate of drug-likeness (QED) is 0.518. The number of likely N-dealkylation sites (N-methyl/N-ethyl adjacent to an activating group) is 1. The highest BCUT2D eigenvalue weighted by Crippen LogP contribution is 2.33. The molecule has 0 aliphatic heterocycles. The van der Waals surface area contributed by atoms with Crippen molar-refractivity contribution in [1.29, 1.82) is 5.26 Å². The van der Waals surface area contributed by atoms with E-state index in [0.29, 0.717) is 13.0 Å². The lowest BCUT2D eigenvalue weighted by molar-refractivity contribution is -0.156. The second kappa shape index (κ2) is 9.51. The zero-order valence-electron chi connectivity index (χ0n) is 17.0. The standard InChI is InChI=1S/C23H23N3O3S/c1-23(17-9-4-3-5-10-17,15-20-25-18-11-6-7-12-19(18)30-20)22(28)29-16-21(27)26(2)14-8-13-24/h3-7,9-12H,8,14-16H2,1-2H3/t23-/m1/s1. The van der Waals surface area contributed by atoms with Crippen LogP contribution in [0.5, 0.6) is 0 Å². The number of rotatable bonds is 8. The molecule has 6 nitrogen and oxygen atoms in total. The fourth-order valence-electron chi connectivity index (χ4n) is 3.14. The second-order valence-corrected chi connectivity index (χ2v) is 8.36. The highest BCUT2D eigenvalue weighted by Gasteiger charge is 2.38. The Balaban J connectivity index is 1.80. The summed E-state index contributed by atoms with van der Waals surface area (Å²) >= 11 is 1.55. The molecule has 30 heavy (non-hydrogen) atoms. The number of hydrogen-bond acceptors (Lipinski definition) is 6. The fourth-order valence-corrected chi connectivity index (χ4v) is 4.26. The van der Waals surface area contributed by atoms with Crippen LogP contribution in [0.4, 0.5) is 0 Å². The van der Waals surface area contributed by atoms with Gasteiger partial charge in [-0.05, 0) is 24.6 Å². The van der Waals surface area contributed by atoms with Crippen molar-refractivity contribution in [1.82, 2.24) is 9.88 Å². The topological polar surface area (TPSA) is 83.3 Å². The molecule has 154 valence electrons. The number of fused-ring (bicyclic) bond motifs is 1. The number of nitrogens with zero attached hydrogens (tertiary/aromatic N) is 3. The van der Waals surface area contributed by atoms with Crippen LogP contribution in [-0.4, -0.2) is 42.0 Å². The average Bonchev–Trinajstić information content (AvgIpc) is 3.18. The van der Waals surface area contributed by atoms with Crippen molar-refractivity contribution in [3.63, 3.8) is 0 Å². The number of esters is 1. The lowest BCUT2D eigenvalue weighted by Gasteiger charge is -2.27. The Morgan fingerprint density at radius 1 is 1.17 bits per heavy atom. The highest BCUT2D eigenvalue weighted by molar-refractivity contribution is 7.18. The summed E-state index contributed by atoms with van der Waals surface area (Å²) in [4.78, 5) is 31.4. The lowest BCUT2D eigenvalue weighted by atomic mass is 9.79. The number of hydrogen-bond donors (Lipinski definition) is 0. The Kier molecular flexibility index (Phi) is 6.80. The van der Waals surface area contributed by atoms with Gasteiger partial charge in [-0.1, -0.05) is 42.5 Å². The Hall–Kier alpha value is -3.24. The van der Waals surface area contributed by atoms with Gasteiger partial charge >= 0.3 is 5.97 Å². The molecule has 7 heteroatoms. The maximum absolute atomic E-state index is 13.2. The Bertz CT molecular complexity index is 1040. The minimum atomic E-state index is -0.985. The maximum atomic E-state index is 13.2. The largest absolute Gasteiger partial charge is 0.455 e. The van der Waals surface area contributed by atoms with Crippen LogP contribution in [0.3, 0.4) is 0 Å². The molecule has 0 saturated carbocycles. The van der Waals surface area contributed by atoms with E-state index >= 15 is 0 Å². The van der Waals surface area contributed by atoms with Gasteiger partial charge in [0, 0.05) is 20.0 Å². The minimum absolute atomic E-state index is 0.232. The third kappa shape index (κ3) is 4.84. The normalized spacial score (nSPS) is 12.7. The van der Waals surface area contributed by atoms with E-state index in [1.54, 1.807) is 18.4 Å². The summed E-state index contributed by atoms with van der Waals surface area (Å²) in [5, 5.41) is 9.49. The van der Waals surface area contributed by atoms with Gasteiger partial charge in [0.05, 0.1) is 33.1 Å². The summed E-state index contributed by atoms with van der Waals surface area (Å²) in [6.45, 7) is 1.76. The number of carbonyl (C=O) groups excluding carboxylic acids is 2. The smallest absolute Gasteiger partial charge is 0.317 e. The van der Waals surface area contributed by atoms with Gasteiger partial charge in [-0.25, -0.2) is 4.98 Å². The van der Waals surface area contributed by atoms with E-state index in [0.717, 1.165) is 20.8 Å². The molecule has 0 aliphatic rings. The van der Waals surface area contributed by atoms with Crippen LogP contribution in [0.25, 0.3) is 10.2 Å². The van der Waals surface area contributed by atoms with Crippen LogP contribution in [0.2, 0.25) is 0 Å². The Morgan fingerprint density at radius 3 is 2.57 bits per heavy atom. The third-order valence-electron chi connectivity index (χ3n) is 5.02. The molecule has 1 atom stereocenters. The summed E-state index contributed by atoms with van der Waals surface area (Å²) in [5.74, 6) is -0.816. The van der Waals surface area contributed by atoms with Crippen molar-refractivity contribution in [2.45, 2.75) is 25.2 Å². The number of amides is 1. The van der Waals surface area contributed by atoms with Crippen molar-refractivity contribution in [3.05, 3.63) is 65.2 Å². The van der Waals surface area contributed by atoms with Gasteiger partial charge in [0.15, 0.2) is 6.61 Å².